The number of likely N-dealkylation sites (N-methyl/N-ethyl adjacent to an activating group) is 1. The van der Waals surface area contributed by atoms with Gasteiger partial charge in [0.1, 0.15) is 11.0 Å². The molecular formula is C28H34BN5O6S. The van der Waals surface area contributed by atoms with E-state index in [0.717, 1.165) is 11.0 Å². The van der Waals surface area contributed by atoms with Crippen LogP contribution in [0.3, 0.4) is 0 Å². The monoisotopic (exact) mass is 579 g/mol. The van der Waals surface area contributed by atoms with E-state index in [2.05, 4.69) is 9.69 Å². The Morgan fingerprint density at radius 2 is 1.95 bits per heavy atom. The molecule has 11 nitrogen and oxygen atoms in total. The summed E-state index contributed by atoms with van der Waals surface area (Å²) in [6.45, 7) is 8.96. The minimum absolute atomic E-state index is 0.165. The number of rotatable bonds is 7. The van der Waals surface area contributed by atoms with Gasteiger partial charge in [-0.05, 0) is 64.0 Å². The normalized spacial score (nSPS) is 22.1. The van der Waals surface area contributed by atoms with Gasteiger partial charge in [0.15, 0.2) is 12.1 Å². The van der Waals surface area contributed by atoms with Gasteiger partial charge in [0.2, 0.25) is 11.8 Å². The number of carbonyl (C=O) groups is 4. The van der Waals surface area contributed by atoms with E-state index in [4.69, 9.17) is 14.3 Å². The van der Waals surface area contributed by atoms with Crippen molar-refractivity contribution in [3.8, 4) is 11.4 Å². The molecule has 2 fully saturated rings. The molecule has 216 valence electrons. The molecule has 0 saturated carbocycles. The molecule has 1 aromatic carbocycles. The fourth-order valence-electron chi connectivity index (χ4n) is 5.22. The van der Waals surface area contributed by atoms with Crippen molar-refractivity contribution < 1.29 is 28.5 Å². The lowest BCUT2D eigenvalue weighted by atomic mass is 9.78. The van der Waals surface area contributed by atoms with E-state index in [9.17, 15) is 19.2 Å². The Labute approximate surface area is 243 Å². The fourth-order valence-corrected chi connectivity index (χ4v) is 5.90. The number of aldehydes is 1. The first-order chi connectivity index (χ1) is 19.4. The molecule has 0 radical (unpaired) electrons. The van der Waals surface area contributed by atoms with Crippen LogP contribution in [-0.4, -0.2) is 81.1 Å². The molecule has 1 aromatic heterocycles. The van der Waals surface area contributed by atoms with Gasteiger partial charge in [-0.3, -0.25) is 24.5 Å². The summed E-state index contributed by atoms with van der Waals surface area (Å²) in [5.74, 6) is -0.670. The lowest BCUT2D eigenvalue weighted by molar-refractivity contribution is -0.143. The average Bonchev–Trinajstić information content (AvgIpc) is 3.48. The molecule has 41 heavy (non-hydrogen) atoms. The zero-order chi connectivity index (χ0) is 29.5. The maximum absolute atomic E-state index is 13.4. The van der Waals surface area contributed by atoms with Crippen LogP contribution in [0.2, 0.25) is 0 Å². The first kappa shape index (κ1) is 29.1. The molecule has 0 aliphatic carbocycles. The zero-order valence-electron chi connectivity index (χ0n) is 23.9. The lowest BCUT2D eigenvalue weighted by Gasteiger charge is -2.34. The fraction of sp³-hybridized carbons (Fsp3) is 0.500. The van der Waals surface area contributed by atoms with Gasteiger partial charge < -0.3 is 19.1 Å². The second kappa shape index (κ2) is 11.1. The van der Waals surface area contributed by atoms with Gasteiger partial charge in [-0.25, -0.2) is 4.98 Å². The molecule has 3 aliphatic rings. The Hall–Kier alpha value is -3.42. The van der Waals surface area contributed by atoms with Crippen LogP contribution >= 0.6 is 11.5 Å². The lowest BCUT2D eigenvalue weighted by Crippen LogP contribution is -2.53. The largest absolute Gasteiger partial charge is 0.494 e. The highest BCUT2D eigenvalue weighted by atomic mass is 32.1. The number of hydrogen-bond donors (Lipinski definition) is 1. The first-order valence-corrected chi connectivity index (χ1v) is 14.5. The second-order valence-corrected chi connectivity index (χ2v) is 12.5. The second-order valence-electron chi connectivity index (χ2n) is 11.6. The van der Waals surface area contributed by atoms with Crippen molar-refractivity contribution in [2.75, 3.05) is 13.6 Å². The molecule has 1 atom stereocenters. The summed E-state index contributed by atoms with van der Waals surface area (Å²) >= 11 is 1.24. The van der Waals surface area contributed by atoms with E-state index < -0.39 is 30.3 Å². The number of amides is 3. The Morgan fingerprint density at radius 1 is 1.22 bits per heavy atom. The van der Waals surface area contributed by atoms with Gasteiger partial charge in [-0.15, -0.1) is 0 Å². The van der Waals surface area contributed by atoms with Crippen molar-refractivity contribution in [1.82, 2.24) is 24.5 Å². The summed E-state index contributed by atoms with van der Waals surface area (Å²) in [6, 6.07) is 7.02. The number of imide groups is 1. The van der Waals surface area contributed by atoms with Crippen molar-refractivity contribution >= 4 is 48.1 Å². The van der Waals surface area contributed by atoms with E-state index in [-0.39, 0.29) is 24.7 Å². The number of nitrogens with one attached hydrogen (secondary N) is 1. The van der Waals surface area contributed by atoms with E-state index >= 15 is 0 Å². The zero-order valence-corrected chi connectivity index (χ0v) is 24.7. The summed E-state index contributed by atoms with van der Waals surface area (Å²) < 4.78 is 16.9. The maximum atomic E-state index is 13.4. The van der Waals surface area contributed by atoms with Crippen LogP contribution in [0.25, 0.3) is 11.4 Å². The molecule has 0 bridgehead atoms. The van der Waals surface area contributed by atoms with Crippen LogP contribution in [-0.2, 0) is 35.0 Å². The third kappa shape index (κ3) is 5.70. The molecular weight excluding hydrogens is 545 g/mol. The number of benzene rings is 1. The molecule has 13 heteroatoms. The Kier molecular flexibility index (Phi) is 7.88. The van der Waals surface area contributed by atoms with Crippen molar-refractivity contribution in [3.63, 3.8) is 0 Å². The highest BCUT2D eigenvalue weighted by Gasteiger charge is 2.51. The van der Waals surface area contributed by atoms with Gasteiger partial charge in [-0.1, -0.05) is 24.3 Å². The van der Waals surface area contributed by atoms with Crippen LogP contribution in [0.1, 0.15) is 58.4 Å². The van der Waals surface area contributed by atoms with Gasteiger partial charge in [0, 0.05) is 31.1 Å². The summed E-state index contributed by atoms with van der Waals surface area (Å²) in [5, 5.41) is 2.98. The standard InChI is InChI=1S/C28H34BN5O6S/c1-27(2)28(3,4)40-29(39-27)18-9-6-8-17(14-18)24-31-23(41-32-24)15-34-13-7-10-19(21(34)16-35)26(38)33(5)20-11-12-22(36)30-25(20)37/h6,8-9,14,16,20H,7,10-13,15H2,1-5H3,(H,30,36,37). The van der Waals surface area contributed by atoms with Crippen molar-refractivity contribution in [1.29, 1.82) is 0 Å². The van der Waals surface area contributed by atoms with E-state index in [1.165, 1.54) is 23.5 Å². The first-order valence-electron chi connectivity index (χ1n) is 13.7. The summed E-state index contributed by atoms with van der Waals surface area (Å²) in [6.07, 6.45) is 2.21. The minimum atomic E-state index is -0.755. The van der Waals surface area contributed by atoms with Gasteiger partial charge in [0.25, 0.3) is 5.91 Å². The number of hydrogen-bond acceptors (Lipinski definition) is 10. The van der Waals surface area contributed by atoms with Gasteiger partial charge >= 0.3 is 7.12 Å². The highest BCUT2D eigenvalue weighted by Crippen LogP contribution is 2.36. The van der Waals surface area contributed by atoms with Gasteiger partial charge in [-0.2, -0.15) is 4.37 Å². The van der Waals surface area contributed by atoms with E-state index in [0.29, 0.717) is 54.3 Å². The molecule has 5 rings (SSSR count). The van der Waals surface area contributed by atoms with Crippen LogP contribution in [0.5, 0.6) is 0 Å². The quantitative estimate of drug-likeness (QED) is 0.297. The SMILES string of the molecule is CN(C(=O)C1=C(C=O)N(Cc2nc(-c3cccc(B4OC(C)(C)C(C)(C)O4)c3)ns2)CCC1)C1CCC(=O)NC1=O. The summed E-state index contributed by atoms with van der Waals surface area (Å²) in [7, 11) is 1.03. The summed E-state index contributed by atoms with van der Waals surface area (Å²) in [5.41, 5.74) is 1.46. The highest BCUT2D eigenvalue weighted by molar-refractivity contribution is 7.05. The third-order valence-electron chi connectivity index (χ3n) is 8.34. The van der Waals surface area contributed by atoms with Crippen molar-refractivity contribution in [2.24, 2.45) is 0 Å². The molecule has 4 heterocycles. The predicted molar refractivity (Wildman–Crippen MR) is 153 cm³/mol. The van der Waals surface area contributed by atoms with Crippen LogP contribution < -0.4 is 10.8 Å². The van der Waals surface area contributed by atoms with E-state index in [1.54, 1.807) is 0 Å². The molecule has 2 aromatic rings. The average molecular weight is 579 g/mol. The Bertz CT molecular complexity index is 1410. The van der Waals surface area contributed by atoms with E-state index in [1.807, 2.05) is 56.9 Å². The third-order valence-corrected chi connectivity index (χ3v) is 9.03. The number of allylic oxidation sites excluding steroid dienone is 1. The van der Waals surface area contributed by atoms with Crippen molar-refractivity contribution in [2.45, 2.75) is 77.2 Å². The Morgan fingerprint density at radius 3 is 2.63 bits per heavy atom. The number of aromatic nitrogens is 2. The summed E-state index contributed by atoms with van der Waals surface area (Å²) in [4.78, 5) is 57.3. The molecule has 1 unspecified atom stereocenters. The number of piperidine rings is 1. The number of carbonyl (C=O) groups excluding carboxylic acids is 4. The van der Waals surface area contributed by atoms with Crippen molar-refractivity contribution in [3.05, 3.63) is 40.5 Å². The predicted octanol–water partition coefficient (Wildman–Crippen LogP) is 1.82. The molecule has 0 spiro atoms. The van der Waals surface area contributed by atoms with Gasteiger partial charge in [0.05, 0.1) is 23.4 Å². The molecule has 1 N–H and O–H groups in total. The topological polar surface area (TPSA) is 131 Å². The molecule has 3 aliphatic heterocycles. The Balaban J connectivity index is 1.32. The van der Waals surface area contributed by atoms with Crippen LogP contribution in [0, 0.1) is 0 Å². The van der Waals surface area contributed by atoms with Crippen LogP contribution in [0.15, 0.2) is 35.5 Å². The molecule has 3 amide bonds. The number of nitrogens with zero attached hydrogens (tertiary/aromatic N) is 4. The minimum Gasteiger partial charge on any atom is -0.399 e. The maximum Gasteiger partial charge on any atom is 0.494 e. The smallest absolute Gasteiger partial charge is 0.399 e. The molecule has 2 saturated heterocycles. The van der Waals surface area contributed by atoms with Crippen LogP contribution in [0.4, 0.5) is 0 Å².